The fraction of sp³-hybridized carbons (Fsp3) is 0.286. The number of thiocarbonyl (C=S) groups is 1. The average Bonchev–Trinajstić information content (AvgIpc) is 2.67. The Balaban J connectivity index is 2.43. The van der Waals surface area contributed by atoms with Crippen LogP contribution < -0.4 is 15.2 Å². The lowest BCUT2D eigenvalue weighted by atomic mass is 10.2. The van der Waals surface area contributed by atoms with E-state index >= 15 is 0 Å². The molecule has 6 heteroatoms. The zero-order chi connectivity index (χ0) is 14.7. The van der Waals surface area contributed by atoms with Crippen LogP contribution in [0.25, 0.3) is 0 Å². The Kier molecular flexibility index (Phi) is 4.24. The fourth-order valence-corrected chi connectivity index (χ4v) is 2.19. The molecule has 0 saturated carbocycles. The van der Waals surface area contributed by atoms with E-state index in [4.69, 9.17) is 27.4 Å². The molecule has 1 heterocycles. The van der Waals surface area contributed by atoms with Gasteiger partial charge in [-0.05, 0) is 26.0 Å². The maximum atomic E-state index is 5.91. The van der Waals surface area contributed by atoms with Crippen molar-refractivity contribution in [2.45, 2.75) is 13.8 Å². The third-order valence-electron chi connectivity index (χ3n) is 2.77. The Bertz CT molecular complexity index is 637. The molecule has 0 saturated heterocycles. The second kappa shape index (κ2) is 5.92. The van der Waals surface area contributed by atoms with Crippen LogP contribution in [0.3, 0.4) is 0 Å². The zero-order valence-corrected chi connectivity index (χ0v) is 12.5. The molecule has 106 valence electrons. The van der Waals surface area contributed by atoms with Gasteiger partial charge in [0, 0.05) is 7.05 Å². The number of nitrogens with two attached hydrogens (primary N) is 1. The summed E-state index contributed by atoms with van der Waals surface area (Å²) in [6.07, 6.45) is 0. The number of nitrogens with zero attached hydrogens (tertiary/aromatic N) is 2. The van der Waals surface area contributed by atoms with Crippen LogP contribution in [0.5, 0.6) is 17.4 Å². The van der Waals surface area contributed by atoms with E-state index in [0.717, 1.165) is 5.69 Å². The highest BCUT2D eigenvalue weighted by Crippen LogP contribution is 2.33. The zero-order valence-electron chi connectivity index (χ0n) is 11.7. The number of para-hydroxylation sites is 2. The van der Waals surface area contributed by atoms with E-state index < -0.39 is 0 Å². The molecule has 2 aromatic rings. The Morgan fingerprint density at radius 2 is 2.00 bits per heavy atom. The molecule has 2 rings (SSSR count). The highest BCUT2D eigenvalue weighted by atomic mass is 32.1. The molecule has 0 amide bonds. The van der Waals surface area contributed by atoms with E-state index in [0.29, 0.717) is 29.5 Å². The highest BCUT2D eigenvalue weighted by Gasteiger charge is 2.19. The molecule has 0 aliphatic heterocycles. The molecule has 0 aliphatic carbocycles. The summed E-state index contributed by atoms with van der Waals surface area (Å²) in [5.74, 6) is 1.79. The number of hydrogen-bond acceptors (Lipinski definition) is 4. The second-order valence-corrected chi connectivity index (χ2v) is 4.68. The van der Waals surface area contributed by atoms with Crippen molar-refractivity contribution in [2.75, 3.05) is 6.61 Å². The van der Waals surface area contributed by atoms with E-state index in [9.17, 15) is 0 Å². The van der Waals surface area contributed by atoms with Gasteiger partial charge < -0.3 is 15.2 Å². The first-order valence-electron chi connectivity index (χ1n) is 6.27. The molecule has 2 N–H and O–H groups in total. The smallest absolute Gasteiger partial charge is 0.228 e. The summed E-state index contributed by atoms with van der Waals surface area (Å²) in [6, 6.07) is 7.45. The lowest BCUT2D eigenvalue weighted by molar-refractivity contribution is 0.316. The minimum atomic E-state index is 0.263. The van der Waals surface area contributed by atoms with E-state index in [-0.39, 0.29) is 4.99 Å². The first-order chi connectivity index (χ1) is 9.54. The van der Waals surface area contributed by atoms with Gasteiger partial charge in [0.15, 0.2) is 11.5 Å². The van der Waals surface area contributed by atoms with Gasteiger partial charge in [0.2, 0.25) is 5.88 Å². The predicted octanol–water partition coefficient (Wildman–Crippen LogP) is 2.55. The number of aromatic nitrogens is 2. The lowest BCUT2D eigenvalue weighted by Gasteiger charge is -2.12. The molecule has 1 aromatic carbocycles. The van der Waals surface area contributed by atoms with Crippen LogP contribution in [-0.4, -0.2) is 21.4 Å². The van der Waals surface area contributed by atoms with Gasteiger partial charge in [-0.1, -0.05) is 24.4 Å². The number of hydrogen-bond donors (Lipinski definition) is 1. The standard InChI is InChI=1S/C14H17N3O2S/c1-4-18-10-7-5-6-8-11(10)19-14-12(13(15)20)9(2)16-17(14)3/h5-8H,4H2,1-3H3,(H2,15,20). The molecular weight excluding hydrogens is 274 g/mol. The van der Waals surface area contributed by atoms with Crippen LogP contribution in [0.4, 0.5) is 0 Å². The van der Waals surface area contributed by atoms with Crippen LogP contribution in [0.15, 0.2) is 24.3 Å². The topological polar surface area (TPSA) is 62.3 Å². The Hall–Kier alpha value is -2.08. The Morgan fingerprint density at radius 3 is 2.60 bits per heavy atom. The van der Waals surface area contributed by atoms with E-state index in [2.05, 4.69) is 5.10 Å². The van der Waals surface area contributed by atoms with E-state index in [1.165, 1.54) is 0 Å². The van der Waals surface area contributed by atoms with Gasteiger partial charge >= 0.3 is 0 Å². The molecule has 0 fully saturated rings. The van der Waals surface area contributed by atoms with E-state index in [1.807, 2.05) is 38.1 Å². The SMILES string of the molecule is CCOc1ccccc1Oc1c(C(N)=S)c(C)nn1C. The summed E-state index contributed by atoms with van der Waals surface area (Å²) in [6.45, 7) is 4.33. The van der Waals surface area contributed by atoms with Crippen molar-refractivity contribution in [3.63, 3.8) is 0 Å². The van der Waals surface area contributed by atoms with Gasteiger partial charge in [0.05, 0.1) is 17.9 Å². The summed E-state index contributed by atoms with van der Waals surface area (Å²) < 4.78 is 13.1. The molecule has 1 aromatic heterocycles. The summed E-state index contributed by atoms with van der Waals surface area (Å²) in [5, 5.41) is 4.29. The van der Waals surface area contributed by atoms with Gasteiger partial charge in [-0.15, -0.1) is 0 Å². The van der Waals surface area contributed by atoms with Gasteiger partial charge in [0.25, 0.3) is 0 Å². The van der Waals surface area contributed by atoms with Crippen LogP contribution in [0.2, 0.25) is 0 Å². The van der Waals surface area contributed by atoms with Crippen LogP contribution in [0, 0.1) is 6.92 Å². The molecule has 20 heavy (non-hydrogen) atoms. The van der Waals surface area contributed by atoms with Crippen molar-refractivity contribution >= 4 is 17.2 Å². The first-order valence-corrected chi connectivity index (χ1v) is 6.68. The molecule has 0 aliphatic rings. The molecule has 0 spiro atoms. The summed E-state index contributed by atoms with van der Waals surface area (Å²) >= 11 is 5.06. The Morgan fingerprint density at radius 1 is 1.35 bits per heavy atom. The predicted molar refractivity (Wildman–Crippen MR) is 81.5 cm³/mol. The minimum absolute atomic E-state index is 0.263. The summed E-state index contributed by atoms with van der Waals surface area (Å²) in [5.41, 5.74) is 7.13. The number of ether oxygens (including phenoxy) is 2. The van der Waals surface area contributed by atoms with Crippen molar-refractivity contribution in [3.05, 3.63) is 35.5 Å². The van der Waals surface area contributed by atoms with Crippen LogP contribution >= 0.6 is 12.2 Å². The normalized spacial score (nSPS) is 10.3. The van der Waals surface area contributed by atoms with Gasteiger partial charge in [0.1, 0.15) is 4.99 Å². The number of benzene rings is 1. The fourth-order valence-electron chi connectivity index (χ4n) is 1.95. The van der Waals surface area contributed by atoms with Crippen molar-refractivity contribution in [1.29, 1.82) is 0 Å². The van der Waals surface area contributed by atoms with Crippen molar-refractivity contribution in [1.82, 2.24) is 9.78 Å². The minimum Gasteiger partial charge on any atom is -0.490 e. The molecule has 0 bridgehead atoms. The first kappa shape index (κ1) is 14.3. The maximum Gasteiger partial charge on any atom is 0.228 e. The lowest BCUT2D eigenvalue weighted by Crippen LogP contribution is -2.11. The van der Waals surface area contributed by atoms with Crippen molar-refractivity contribution < 1.29 is 9.47 Å². The molecular formula is C14H17N3O2S. The van der Waals surface area contributed by atoms with Crippen LogP contribution in [0.1, 0.15) is 18.2 Å². The quantitative estimate of drug-likeness (QED) is 0.858. The number of rotatable bonds is 5. The third kappa shape index (κ3) is 2.75. The highest BCUT2D eigenvalue weighted by molar-refractivity contribution is 7.80. The molecule has 0 atom stereocenters. The van der Waals surface area contributed by atoms with Crippen molar-refractivity contribution in [2.24, 2.45) is 12.8 Å². The summed E-state index contributed by atoms with van der Waals surface area (Å²) in [7, 11) is 1.79. The monoisotopic (exact) mass is 291 g/mol. The average molecular weight is 291 g/mol. The largest absolute Gasteiger partial charge is 0.490 e. The van der Waals surface area contributed by atoms with Gasteiger partial charge in [-0.25, -0.2) is 4.68 Å². The van der Waals surface area contributed by atoms with Gasteiger partial charge in [-0.2, -0.15) is 5.10 Å². The molecule has 5 nitrogen and oxygen atoms in total. The van der Waals surface area contributed by atoms with Gasteiger partial charge in [-0.3, -0.25) is 0 Å². The molecule has 0 unspecified atom stereocenters. The second-order valence-electron chi connectivity index (χ2n) is 4.24. The maximum absolute atomic E-state index is 5.91. The summed E-state index contributed by atoms with van der Waals surface area (Å²) in [4.78, 5) is 0.263. The van der Waals surface area contributed by atoms with Crippen LogP contribution in [-0.2, 0) is 7.05 Å². The number of aryl methyl sites for hydroxylation is 2. The van der Waals surface area contributed by atoms with E-state index in [1.54, 1.807) is 11.7 Å². The third-order valence-corrected chi connectivity index (χ3v) is 2.98. The van der Waals surface area contributed by atoms with Crippen molar-refractivity contribution in [3.8, 4) is 17.4 Å². The molecule has 0 radical (unpaired) electrons. The Labute approximate surface area is 123 Å².